The molecule has 0 aliphatic rings. The molecule has 0 radical (unpaired) electrons. The van der Waals surface area contributed by atoms with Gasteiger partial charge in [0.05, 0.1) is 6.61 Å². The molecule has 0 saturated heterocycles. The second-order valence-electron chi connectivity index (χ2n) is 2.83. The Morgan fingerprint density at radius 1 is 1.50 bits per heavy atom. The number of hydrogen-bond acceptors (Lipinski definition) is 3. The smallest absolute Gasteiger partial charge is 0.339 e. The third-order valence-electron chi connectivity index (χ3n) is 1.67. The molecule has 2 N–H and O–H groups in total. The predicted octanol–water partition coefficient (Wildman–Crippen LogP) is 1.88. The van der Waals surface area contributed by atoms with Crippen LogP contribution in [0.2, 0.25) is 0 Å². The number of rotatable bonds is 4. The van der Waals surface area contributed by atoms with Crippen molar-refractivity contribution >= 4 is 5.97 Å². The Kier molecular flexibility index (Phi) is 3.34. The molecule has 0 unspecified atom stereocenters. The van der Waals surface area contributed by atoms with E-state index in [1.54, 1.807) is 0 Å². The van der Waals surface area contributed by atoms with Crippen molar-refractivity contribution < 1.29 is 19.7 Å². The van der Waals surface area contributed by atoms with E-state index in [4.69, 9.17) is 9.84 Å². The van der Waals surface area contributed by atoms with E-state index in [2.05, 4.69) is 0 Å². The SMILES string of the molecule is CCCOc1ccc(C(=O)O)c(O)c1. The quantitative estimate of drug-likeness (QED) is 0.771. The Labute approximate surface area is 81.8 Å². The molecule has 1 aromatic rings. The fourth-order valence-corrected chi connectivity index (χ4v) is 1.00. The van der Waals surface area contributed by atoms with E-state index >= 15 is 0 Å². The van der Waals surface area contributed by atoms with Crippen LogP contribution < -0.4 is 4.74 Å². The second-order valence-corrected chi connectivity index (χ2v) is 2.83. The highest BCUT2D eigenvalue weighted by Gasteiger charge is 2.09. The van der Waals surface area contributed by atoms with Crippen molar-refractivity contribution in [3.63, 3.8) is 0 Å². The van der Waals surface area contributed by atoms with Gasteiger partial charge in [-0.1, -0.05) is 6.92 Å². The molecule has 0 aliphatic heterocycles. The third-order valence-corrected chi connectivity index (χ3v) is 1.67. The maximum atomic E-state index is 10.5. The van der Waals surface area contributed by atoms with Gasteiger partial charge in [-0.25, -0.2) is 4.79 Å². The summed E-state index contributed by atoms with van der Waals surface area (Å²) in [6.45, 7) is 2.51. The van der Waals surface area contributed by atoms with Gasteiger partial charge in [0, 0.05) is 6.07 Å². The van der Waals surface area contributed by atoms with Gasteiger partial charge in [-0.3, -0.25) is 0 Å². The lowest BCUT2D eigenvalue weighted by molar-refractivity contribution is 0.0693. The molecule has 4 nitrogen and oxygen atoms in total. The van der Waals surface area contributed by atoms with Gasteiger partial charge in [0.2, 0.25) is 0 Å². The van der Waals surface area contributed by atoms with Crippen molar-refractivity contribution in [1.29, 1.82) is 0 Å². The van der Waals surface area contributed by atoms with Crippen molar-refractivity contribution in [2.45, 2.75) is 13.3 Å². The zero-order valence-electron chi connectivity index (χ0n) is 7.86. The zero-order chi connectivity index (χ0) is 10.6. The molecular formula is C10H12O4. The van der Waals surface area contributed by atoms with Crippen molar-refractivity contribution in [3.05, 3.63) is 23.8 Å². The van der Waals surface area contributed by atoms with Crippen molar-refractivity contribution in [2.24, 2.45) is 0 Å². The molecule has 0 fully saturated rings. The predicted molar refractivity (Wildman–Crippen MR) is 50.9 cm³/mol. The normalized spacial score (nSPS) is 9.79. The van der Waals surface area contributed by atoms with Gasteiger partial charge in [0.1, 0.15) is 17.1 Å². The maximum absolute atomic E-state index is 10.5. The van der Waals surface area contributed by atoms with E-state index in [0.29, 0.717) is 12.4 Å². The largest absolute Gasteiger partial charge is 0.507 e. The molecule has 0 heterocycles. The summed E-state index contributed by atoms with van der Waals surface area (Å²) in [6, 6.07) is 4.15. The molecule has 76 valence electrons. The summed E-state index contributed by atoms with van der Waals surface area (Å²) in [7, 11) is 0. The van der Waals surface area contributed by atoms with Gasteiger partial charge < -0.3 is 14.9 Å². The molecule has 0 saturated carbocycles. The van der Waals surface area contributed by atoms with Gasteiger partial charge in [-0.05, 0) is 18.6 Å². The summed E-state index contributed by atoms with van der Waals surface area (Å²) in [6.07, 6.45) is 0.863. The van der Waals surface area contributed by atoms with Gasteiger partial charge in [-0.15, -0.1) is 0 Å². The van der Waals surface area contributed by atoms with E-state index in [1.165, 1.54) is 18.2 Å². The minimum Gasteiger partial charge on any atom is -0.507 e. The molecule has 4 heteroatoms. The lowest BCUT2D eigenvalue weighted by Crippen LogP contribution is -1.98. The van der Waals surface area contributed by atoms with Crippen LogP contribution in [0.15, 0.2) is 18.2 Å². The van der Waals surface area contributed by atoms with Crippen LogP contribution in [0.4, 0.5) is 0 Å². The lowest BCUT2D eigenvalue weighted by atomic mass is 10.2. The van der Waals surface area contributed by atoms with Gasteiger partial charge >= 0.3 is 5.97 Å². The Balaban J connectivity index is 2.83. The van der Waals surface area contributed by atoms with E-state index in [1.807, 2.05) is 6.92 Å². The van der Waals surface area contributed by atoms with Crippen LogP contribution in [-0.4, -0.2) is 22.8 Å². The zero-order valence-corrected chi connectivity index (χ0v) is 7.86. The van der Waals surface area contributed by atoms with E-state index in [9.17, 15) is 9.90 Å². The second kappa shape index (κ2) is 4.50. The first-order chi connectivity index (χ1) is 6.65. The fourth-order valence-electron chi connectivity index (χ4n) is 1.00. The van der Waals surface area contributed by atoms with E-state index < -0.39 is 5.97 Å². The van der Waals surface area contributed by atoms with Crippen LogP contribution >= 0.6 is 0 Å². The highest BCUT2D eigenvalue weighted by atomic mass is 16.5. The summed E-state index contributed by atoms with van der Waals surface area (Å²) < 4.78 is 5.22. The highest BCUT2D eigenvalue weighted by molar-refractivity contribution is 5.90. The first kappa shape index (κ1) is 10.4. The van der Waals surface area contributed by atoms with Crippen molar-refractivity contribution in [1.82, 2.24) is 0 Å². The molecule has 1 aromatic carbocycles. The van der Waals surface area contributed by atoms with Crippen LogP contribution in [0.3, 0.4) is 0 Å². The Hall–Kier alpha value is -1.71. The standard InChI is InChI=1S/C10H12O4/c1-2-5-14-7-3-4-8(10(12)13)9(11)6-7/h3-4,6,11H,2,5H2,1H3,(H,12,13). The number of carbonyl (C=O) groups is 1. The first-order valence-electron chi connectivity index (χ1n) is 4.34. The summed E-state index contributed by atoms with van der Waals surface area (Å²) in [4.78, 5) is 10.5. The third kappa shape index (κ3) is 2.39. The van der Waals surface area contributed by atoms with Crippen molar-refractivity contribution in [3.8, 4) is 11.5 Å². The average Bonchev–Trinajstić information content (AvgIpc) is 2.14. The summed E-state index contributed by atoms with van der Waals surface area (Å²) in [5, 5.41) is 17.9. The molecule has 0 aromatic heterocycles. The monoisotopic (exact) mass is 196 g/mol. The Morgan fingerprint density at radius 3 is 2.71 bits per heavy atom. The van der Waals surface area contributed by atoms with Crippen LogP contribution in [0.25, 0.3) is 0 Å². The maximum Gasteiger partial charge on any atom is 0.339 e. The molecular weight excluding hydrogens is 184 g/mol. The number of phenols is 1. The van der Waals surface area contributed by atoms with E-state index in [-0.39, 0.29) is 11.3 Å². The van der Waals surface area contributed by atoms with Crippen LogP contribution in [-0.2, 0) is 0 Å². The number of aromatic carboxylic acids is 1. The molecule has 0 aliphatic carbocycles. The number of hydrogen-bond donors (Lipinski definition) is 2. The van der Waals surface area contributed by atoms with Gasteiger partial charge in [0.25, 0.3) is 0 Å². The molecule has 0 spiro atoms. The summed E-state index contributed by atoms with van der Waals surface area (Å²) >= 11 is 0. The number of aromatic hydroxyl groups is 1. The summed E-state index contributed by atoms with van der Waals surface area (Å²) in [5.41, 5.74) is -0.117. The molecule has 0 amide bonds. The topological polar surface area (TPSA) is 66.8 Å². The van der Waals surface area contributed by atoms with Gasteiger partial charge in [0.15, 0.2) is 0 Å². The number of benzene rings is 1. The minimum atomic E-state index is -1.15. The molecule has 1 rings (SSSR count). The number of carboxylic acid groups (broad SMARTS) is 1. The van der Waals surface area contributed by atoms with Crippen LogP contribution in [0.5, 0.6) is 11.5 Å². The molecule has 0 bridgehead atoms. The molecule has 0 atom stereocenters. The Bertz CT molecular complexity index is 333. The van der Waals surface area contributed by atoms with Crippen molar-refractivity contribution in [2.75, 3.05) is 6.61 Å². The van der Waals surface area contributed by atoms with Crippen LogP contribution in [0, 0.1) is 0 Å². The van der Waals surface area contributed by atoms with Gasteiger partial charge in [-0.2, -0.15) is 0 Å². The number of ether oxygens (including phenoxy) is 1. The minimum absolute atomic E-state index is 0.117. The van der Waals surface area contributed by atoms with E-state index in [0.717, 1.165) is 6.42 Å². The Morgan fingerprint density at radius 2 is 2.21 bits per heavy atom. The highest BCUT2D eigenvalue weighted by Crippen LogP contribution is 2.23. The first-order valence-corrected chi connectivity index (χ1v) is 4.34. The lowest BCUT2D eigenvalue weighted by Gasteiger charge is -2.05. The van der Waals surface area contributed by atoms with Crippen LogP contribution in [0.1, 0.15) is 23.7 Å². The fraction of sp³-hybridized carbons (Fsp3) is 0.300. The number of carboxylic acids is 1. The summed E-state index contributed by atoms with van der Waals surface area (Å²) in [5.74, 6) is -0.940. The average molecular weight is 196 g/mol. The molecule has 14 heavy (non-hydrogen) atoms.